The molecule has 0 bridgehead atoms. The molecule has 28 heavy (non-hydrogen) atoms. The first-order valence-electron chi connectivity index (χ1n) is 9.42. The number of carbonyl (C=O) groups is 2. The van der Waals surface area contributed by atoms with E-state index in [2.05, 4.69) is 10.6 Å². The molecule has 7 nitrogen and oxygen atoms in total. The molecule has 1 aliphatic heterocycles. The van der Waals surface area contributed by atoms with Crippen LogP contribution in [0, 0.1) is 0 Å². The van der Waals surface area contributed by atoms with Crippen molar-refractivity contribution in [3.05, 3.63) is 29.3 Å². The van der Waals surface area contributed by atoms with Gasteiger partial charge in [-0.2, -0.15) is 0 Å². The minimum atomic E-state index is -0.602. The maximum atomic E-state index is 12.2. The van der Waals surface area contributed by atoms with Crippen LogP contribution >= 0.6 is 0 Å². The number of benzene rings is 1. The van der Waals surface area contributed by atoms with E-state index in [0.29, 0.717) is 5.56 Å². The van der Waals surface area contributed by atoms with Gasteiger partial charge in [0, 0.05) is 19.2 Å². The van der Waals surface area contributed by atoms with Crippen molar-refractivity contribution in [1.82, 2.24) is 10.6 Å². The Kier molecular flexibility index (Phi) is 6.16. The van der Waals surface area contributed by atoms with Gasteiger partial charge in [0.2, 0.25) is 0 Å². The molecule has 2 amide bonds. The second-order valence-corrected chi connectivity index (χ2v) is 8.99. The second kappa shape index (κ2) is 7.76. The summed E-state index contributed by atoms with van der Waals surface area (Å²) in [5.41, 5.74) is 0.376. The van der Waals surface area contributed by atoms with Crippen molar-refractivity contribution in [2.45, 2.75) is 71.8 Å². The molecule has 154 valence electrons. The van der Waals surface area contributed by atoms with E-state index in [1.54, 1.807) is 40.0 Å². The molecule has 8 heteroatoms. The van der Waals surface area contributed by atoms with Crippen LogP contribution in [0.4, 0.5) is 4.79 Å². The normalized spacial score (nSPS) is 17.9. The van der Waals surface area contributed by atoms with Gasteiger partial charge in [0.05, 0.1) is 11.2 Å². The summed E-state index contributed by atoms with van der Waals surface area (Å²) in [6, 6.07) is 5.34. The fraction of sp³-hybridized carbons (Fsp3) is 0.600. The lowest BCUT2D eigenvalue weighted by Crippen LogP contribution is -2.41. The summed E-state index contributed by atoms with van der Waals surface area (Å²) < 4.78 is 17.5. The van der Waals surface area contributed by atoms with Crippen LogP contribution in [0.2, 0.25) is 0 Å². The minimum Gasteiger partial charge on any atom is -0.444 e. The number of carbonyl (C=O) groups excluding carboxylic acids is 2. The van der Waals surface area contributed by atoms with E-state index in [9.17, 15) is 9.59 Å². The highest BCUT2D eigenvalue weighted by Crippen LogP contribution is 2.36. The third-order valence-electron chi connectivity index (χ3n) is 4.87. The van der Waals surface area contributed by atoms with Gasteiger partial charge < -0.3 is 24.7 Å². The Hall–Kier alpha value is -2.06. The van der Waals surface area contributed by atoms with Crippen molar-refractivity contribution >= 4 is 24.6 Å². The van der Waals surface area contributed by atoms with E-state index in [1.807, 2.05) is 33.8 Å². The Labute approximate surface area is 167 Å². The molecule has 0 saturated carbocycles. The maximum Gasteiger partial charge on any atom is 0.494 e. The Morgan fingerprint density at radius 3 is 2.14 bits per heavy atom. The number of hydrogen-bond acceptors (Lipinski definition) is 5. The molecule has 0 atom stereocenters. The van der Waals surface area contributed by atoms with E-state index in [0.717, 1.165) is 11.0 Å². The molecule has 2 rings (SSSR count). The largest absolute Gasteiger partial charge is 0.494 e. The zero-order valence-corrected chi connectivity index (χ0v) is 18.1. The highest BCUT2D eigenvalue weighted by Gasteiger charge is 2.51. The quantitative estimate of drug-likeness (QED) is 0.771. The van der Waals surface area contributed by atoms with Gasteiger partial charge in [-0.15, -0.1) is 0 Å². The van der Waals surface area contributed by atoms with Gasteiger partial charge in [-0.1, -0.05) is 6.07 Å². The van der Waals surface area contributed by atoms with Gasteiger partial charge in [0.15, 0.2) is 0 Å². The van der Waals surface area contributed by atoms with Gasteiger partial charge in [0.25, 0.3) is 5.91 Å². The molecule has 1 saturated heterocycles. The molecule has 1 aromatic rings. The molecule has 0 aliphatic carbocycles. The van der Waals surface area contributed by atoms with Crippen LogP contribution in [-0.2, 0) is 20.6 Å². The van der Waals surface area contributed by atoms with Gasteiger partial charge in [-0.05, 0) is 71.6 Å². The number of alkyl carbamates (subject to hydrolysis) is 1. The number of hydrogen-bond donors (Lipinski definition) is 2. The summed E-state index contributed by atoms with van der Waals surface area (Å²) in [6.07, 6.45) is -0.518. The fourth-order valence-electron chi connectivity index (χ4n) is 2.70. The molecule has 0 spiro atoms. The average molecular weight is 390 g/mol. The predicted molar refractivity (Wildman–Crippen MR) is 109 cm³/mol. The van der Waals surface area contributed by atoms with Crippen molar-refractivity contribution in [2.75, 3.05) is 7.05 Å². The summed E-state index contributed by atoms with van der Waals surface area (Å²) >= 11 is 0. The van der Waals surface area contributed by atoms with Gasteiger partial charge in [-0.25, -0.2) is 4.79 Å². The lowest BCUT2D eigenvalue weighted by Gasteiger charge is -2.32. The summed E-state index contributed by atoms with van der Waals surface area (Å²) in [6.45, 7) is 13.5. The summed E-state index contributed by atoms with van der Waals surface area (Å²) in [5, 5.41) is 5.34. The Morgan fingerprint density at radius 1 is 1.07 bits per heavy atom. The third-order valence-corrected chi connectivity index (χ3v) is 4.87. The standard InChI is InChI=1S/C20H31BN2O5/c1-18(2,3)26-17(25)23-12-13-9-14(16(24)22-8)11-15(10-13)21-27-19(4,5)20(6,7)28-21/h9-11H,12H2,1-8H3,(H,22,24)(H,23,25). The van der Waals surface area contributed by atoms with Crippen LogP contribution < -0.4 is 16.1 Å². The third kappa shape index (κ3) is 5.26. The maximum absolute atomic E-state index is 12.2. The molecular formula is C20H31BN2O5. The lowest BCUT2D eigenvalue weighted by atomic mass is 9.77. The molecule has 2 N–H and O–H groups in total. The molecule has 1 fully saturated rings. The monoisotopic (exact) mass is 390 g/mol. The molecular weight excluding hydrogens is 359 g/mol. The van der Waals surface area contributed by atoms with Crippen molar-refractivity contribution in [3.63, 3.8) is 0 Å². The first-order chi connectivity index (χ1) is 12.7. The predicted octanol–water partition coefficient (Wildman–Crippen LogP) is 2.37. The molecule has 0 radical (unpaired) electrons. The molecule has 0 unspecified atom stereocenters. The van der Waals surface area contributed by atoms with E-state index in [-0.39, 0.29) is 12.5 Å². The van der Waals surface area contributed by atoms with E-state index in [4.69, 9.17) is 14.0 Å². The number of amides is 2. The summed E-state index contributed by atoms with van der Waals surface area (Å²) in [4.78, 5) is 24.2. The highest BCUT2D eigenvalue weighted by molar-refractivity contribution is 6.62. The Bertz CT molecular complexity index is 739. The summed E-state index contributed by atoms with van der Waals surface area (Å²) in [5.74, 6) is -0.225. The topological polar surface area (TPSA) is 85.9 Å². The van der Waals surface area contributed by atoms with Crippen molar-refractivity contribution in [2.24, 2.45) is 0 Å². The first kappa shape index (κ1) is 22.2. The number of nitrogens with one attached hydrogen (secondary N) is 2. The Morgan fingerprint density at radius 2 is 1.64 bits per heavy atom. The molecule has 0 aromatic heterocycles. The number of ether oxygens (including phenoxy) is 1. The van der Waals surface area contributed by atoms with Crippen LogP contribution in [0.15, 0.2) is 18.2 Å². The van der Waals surface area contributed by atoms with Crippen LogP contribution in [-0.4, -0.2) is 43.0 Å². The fourth-order valence-corrected chi connectivity index (χ4v) is 2.70. The summed E-state index contributed by atoms with van der Waals surface area (Å²) in [7, 11) is 0.970. The first-order valence-corrected chi connectivity index (χ1v) is 9.42. The minimum absolute atomic E-state index is 0.215. The van der Waals surface area contributed by atoms with Gasteiger partial charge in [-0.3, -0.25) is 4.79 Å². The van der Waals surface area contributed by atoms with Crippen LogP contribution in [0.3, 0.4) is 0 Å². The van der Waals surface area contributed by atoms with E-state index >= 15 is 0 Å². The smallest absolute Gasteiger partial charge is 0.444 e. The van der Waals surface area contributed by atoms with Crippen LogP contribution in [0.5, 0.6) is 0 Å². The van der Waals surface area contributed by atoms with Crippen molar-refractivity contribution in [1.29, 1.82) is 0 Å². The van der Waals surface area contributed by atoms with Crippen molar-refractivity contribution in [3.8, 4) is 0 Å². The molecule has 1 aliphatic rings. The van der Waals surface area contributed by atoms with E-state index < -0.39 is 30.0 Å². The highest BCUT2D eigenvalue weighted by atomic mass is 16.7. The second-order valence-electron chi connectivity index (χ2n) is 8.99. The molecule has 1 aromatic carbocycles. The van der Waals surface area contributed by atoms with E-state index in [1.165, 1.54) is 0 Å². The molecule has 1 heterocycles. The number of rotatable bonds is 4. The SMILES string of the molecule is CNC(=O)c1cc(CNC(=O)OC(C)(C)C)cc(B2OC(C)(C)C(C)(C)O2)c1. The van der Waals surface area contributed by atoms with Gasteiger partial charge >= 0.3 is 13.2 Å². The average Bonchev–Trinajstić information content (AvgIpc) is 2.78. The van der Waals surface area contributed by atoms with Crippen LogP contribution in [0.25, 0.3) is 0 Å². The Balaban J connectivity index is 2.26. The zero-order valence-electron chi connectivity index (χ0n) is 18.1. The zero-order chi connectivity index (χ0) is 21.3. The lowest BCUT2D eigenvalue weighted by molar-refractivity contribution is 0.00578. The van der Waals surface area contributed by atoms with Crippen molar-refractivity contribution < 1.29 is 23.6 Å². The van der Waals surface area contributed by atoms with Crippen LogP contribution in [0.1, 0.15) is 64.4 Å². The van der Waals surface area contributed by atoms with Gasteiger partial charge in [0.1, 0.15) is 5.60 Å².